The lowest BCUT2D eigenvalue weighted by Gasteiger charge is -2.05. The minimum atomic E-state index is 0.639. The van der Waals surface area contributed by atoms with E-state index >= 15 is 0 Å². The van der Waals surface area contributed by atoms with Crippen LogP contribution < -0.4 is 10.5 Å². The van der Waals surface area contributed by atoms with Gasteiger partial charge in [0, 0.05) is 19.2 Å². The summed E-state index contributed by atoms with van der Waals surface area (Å²) in [6, 6.07) is 8.15. The lowest BCUT2D eigenvalue weighted by atomic mass is 10.2. The van der Waals surface area contributed by atoms with Gasteiger partial charge in [-0.3, -0.25) is 0 Å². The molecule has 18 heavy (non-hydrogen) atoms. The van der Waals surface area contributed by atoms with E-state index in [1.807, 2.05) is 31.6 Å². The van der Waals surface area contributed by atoms with Crippen molar-refractivity contribution >= 4 is 0 Å². The zero-order valence-electron chi connectivity index (χ0n) is 10.7. The van der Waals surface area contributed by atoms with Crippen molar-refractivity contribution in [3.8, 4) is 5.75 Å². The van der Waals surface area contributed by atoms with Crippen LogP contribution in [0.5, 0.6) is 5.75 Å². The summed E-state index contributed by atoms with van der Waals surface area (Å²) in [5.74, 6) is 0.913. The molecule has 4 nitrogen and oxygen atoms in total. The summed E-state index contributed by atoms with van der Waals surface area (Å²) in [7, 11) is 0. The molecule has 0 fully saturated rings. The van der Waals surface area contributed by atoms with Crippen LogP contribution in [0.3, 0.4) is 0 Å². The van der Waals surface area contributed by atoms with Crippen LogP contribution in [-0.4, -0.2) is 22.7 Å². The molecule has 1 heterocycles. The quantitative estimate of drug-likeness (QED) is 0.844. The van der Waals surface area contributed by atoms with Gasteiger partial charge in [-0.25, -0.2) is 4.98 Å². The van der Waals surface area contributed by atoms with Crippen molar-refractivity contribution < 1.29 is 4.74 Å². The van der Waals surface area contributed by atoms with Gasteiger partial charge in [-0.1, -0.05) is 12.1 Å². The molecule has 0 radical (unpaired) electrons. The van der Waals surface area contributed by atoms with Crippen LogP contribution in [0.15, 0.2) is 36.8 Å². The van der Waals surface area contributed by atoms with Gasteiger partial charge in [-0.15, -0.1) is 0 Å². The minimum absolute atomic E-state index is 0.639. The third-order valence-corrected chi connectivity index (χ3v) is 2.69. The van der Waals surface area contributed by atoms with Crippen molar-refractivity contribution in [3.63, 3.8) is 0 Å². The van der Waals surface area contributed by atoms with Crippen LogP contribution in [0.25, 0.3) is 0 Å². The Morgan fingerprint density at radius 3 is 2.72 bits per heavy atom. The van der Waals surface area contributed by atoms with Crippen LogP contribution >= 0.6 is 0 Å². The Kier molecular flexibility index (Phi) is 4.36. The third-order valence-electron chi connectivity index (χ3n) is 2.69. The van der Waals surface area contributed by atoms with Gasteiger partial charge in [0.25, 0.3) is 0 Å². The molecule has 0 atom stereocenters. The average Bonchev–Trinajstić information content (AvgIpc) is 2.80. The second-order valence-electron chi connectivity index (χ2n) is 4.15. The number of hydrogen-bond donors (Lipinski definition) is 1. The van der Waals surface area contributed by atoms with E-state index in [1.165, 1.54) is 5.56 Å². The van der Waals surface area contributed by atoms with Crippen molar-refractivity contribution in [2.75, 3.05) is 13.2 Å². The molecular formula is C14H19N3O. The van der Waals surface area contributed by atoms with E-state index in [-0.39, 0.29) is 0 Å². The first-order chi connectivity index (χ1) is 8.81. The summed E-state index contributed by atoms with van der Waals surface area (Å²) in [6.45, 7) is 4.14. The number of nitrogens with two attached hydrogens (primary N) is 1. The summed E-state index contributed by atoms with van der Waals surface area (Å²) in [5, 5.41) is 0. The van der Waals surface area contributed by atoms with Crippen molar-refractivity contribution in [1.29, 1.82) is 0 Å². The number of imidazole rings is 1. The molecule has 4 heteroatoms. The van der Waals surface area contributed by atoms with Crippen molar-refractivity contribution in [1.82, 2.24) is 9.55 Å². The lowest BCUT2D eigenvalue weighted by Crippen LogP contribution is -2.02. The molecule has 0 aliphatic heterocycles. The second kappa shape index (κ2) is 6.21. The number of aromatic nitrogens is 2. The van der Waals surface area contributed by atoms with Gasteiger partial charge < -0.3 is 15.0 Å². The van der Waals surface area contributed by atoms with Crippen LogP contribution in [0.1, 0.15) is 18.2 Å². The molecule has 2 N–H and O–H groups in total. The van der Waals surface area contributed by atoms with E-state index in [9.17, 15) is 0 Å². The van der Waals surface area contributed by atoms with E-state index in [0.717, 1.165) is 24.4 Å². The molecule has 0 unspecified atom stereocenters. The fraction of sp³-hybridized carbons (Fsp3) is 0.357. The molecular weight excluding hydrogens is 226 g/mol. The molecule has 0 aliphatic carbocycles. The number of ether oxygens (including phenoxy) is 1. The standard InChI is InChI=1S/C14H19N3O/c1-2-18-14-5-3-12(4-6-14)9-17-10-13(7-8-15)16-11-17/h3-6,10-11H,2,7-9,15H2,1H3. The maximum atomic E-state index is 5.50. The summed E-state index contributed by atoms with van der Waals surface area (Å²) < 4.78 is 7.48. The highest BCUT2D eigenvalue weighted by atomic mass is 16.5. The summed E-state index contributed by atoms with van der Waals surface area (Å²) in [6.07, 6.45) is 4.72. The number of hydrogen-bond acceptors (Lipinski definition) is 3. The topological polar surface area (TPSA) is 53.1 Å². The molecule has 96 valence electrons. The highest BCUT2D eigenvalue weighted by molar-refractivity contribution is 5.27. The van der Waals surface area contributed by atoms with Crippen LogP contribution in [0.4, 0.5) is 0 Å². The lowest BCUT2D eigenvalue weighted by molar-refractivity contribution is 0.340. The van der Waals surface area contributed by atoms with Crippen molar-refractivity contribution in [2.24, 2.45) is 5.73 Å². The van der Waals surface area contributed by atoms with Crippen molar-refractivity contribution in [3.05, 3.63) is 48.0 Å². The Morgan fingerprint density at radius 2 is 2.06 bits per heavy atom. The van der Waals surface area contributed by atoms with Gasteiger partial charge in [-0.05, 0) is 31.2 Å². The van der Waals surface area contributed by atoms with Crippen LogP contribution in [0, 0.1) is 0 Å². The van der Waals surface area contributed by atoms with Gasteiger partial charge in [-0.2, -0.15) is 0 Å². The normalized spacial score (nSPS) is 10.6. The first-order valence-corrected chi connectivity index (χ1v) is 6.24. The average molecular weight is 245 g/mol. The fourth-order valence-electron chi connectivity index (χ4n) is 1.84. The van der Waals surface area contributed by atoms with E-state index in [4.69, 9.17) is 10.5 Å². The van der Waals surface area contributed by atoms with E-state index in [0.29, 0.717) is 13.2 Å². The zero-order chi connectivity index (χ0) is 12.8. The molecule has 0 aliphatic rings. The maximum Gasteiger partial charge on any atom is 0.119 e. The third kappa shape index (κ3) is 3.34. The minimum Gasteiger partial charge on any atom is -0.494 e. The van der Waals surface area contributed by atoms with Crippen molar-refractivity contribution in [2.45, 2.75) is 19.9 Å². The molecule has 0 spiro atoms. The number of rotatable bonds is 6. The Labute approximate surface area is 107 Å². The van der Waals surface area contributed by atoms with Crippen LogP contribution in [-0.2, 0) is 13.0 Å². The Hall–Kier alpha value is -1.81. The molecule has 2 rings (SSSR count). The molecule has 2 aromatic rings. The van der Waals surface area contributed by atoms with E-state index in [2.05, 4.69) is 21.7 Å². The van der Waals surface area contributed by atoms with Gasteiger partial charge >= 0.3 is 0 Å². The molecule has 1 aromatic carbocycles. The Morgan fingerprint density at radius 1 is 1.28 bits per heavy atom. The molecule has 1 aromatic heterocycles. The second-order valence-corrected chi connectivity index (χ2v) is 4.15. The molecule has 0 amide bonds. The van der Waals surface area contributed by atoms with Gasteiger partial charge in [0.15, 0.2) is 0 Å². The van der Waals surface area contributed by atoms with E-state index in [1.54, 1.807) is 0 Å². The van der Waals surface area contributed by atoms with Gasteiger partial charge in [0.2, 0.25) is 0 Å². The SMILES string of the molecule is CCOc1ccc(Cn2cnc(CCN)c2)cc1. The maximum absolute atomic E-state index is 5.50. The van der Waals surface area contributed by atoms with Gasteiger partial charge in [0.1, 0.15) is 5.75 Å². The molecule has 0 bridgehead atoms. The monoisotopic (exact) mass is 245 g/mol. The van der Waals surface area contributed by atoms with E-state index < -0.39 is 0 Å². The Bertz CT molecular complexity index is 476. The molecule has 0 saturated carbocycles. The number of nitrogens with zero attached hydrogens (tertiary/aromatic N) is 2. The first-order valence-electron chi connectivity index (χ1n) is 6.24. The summed E-state index contributed by atoms with van der Waals surface area (Å²) in [5.41, 5.74) is 7.78. The predicted molar refractivity (Wildman–Crippen MR) is 71.7 cm³/mol. The van der Waals surface area contributed by atoms with Crippen LogP contribution in [0.2, 0.25) is 0 Å². The summed E-state index contributed by atoms with van der Waals surface area (Å²) >= 11 is 0. The highest BCUT2D eigenvalue weighted by Crippen LogP contribution is 2.13. The zero-order valence-corrected chi connectivity index (χ0v) is 10.7. The molecule has 0 saturated heterocycles. The smallest absolute Gasteiger partial charge is 0.119 e. The van der Waals surface area contributed by atoms with Gasteiger partial charge in [0.05, 0.1) is 18.6 Å². The predicted octanol–water partition coefficient (Wildman–Crippen LogP) is 1.83. The first kappa shape index (κ1) is 12.6. The highest BCUT2D eigenvalue weighted by Gasteiger charge is 2.00. The fourth-order valence-corrected chi connectivity index (χ4v) is 1.84. The number of benzene rings is 1. The summed E-state index contributed by atoms with van der Waals surface area (Å²) in [4.78, 5) is 4.31. The Balaban J connectivity index is 1.99. The largest absolute Gasteiger partial charge is 0.494 e.